The third-order valence-electron chi connectivity index (χ3n) is 2.73. The predicted molar refractivity (Wildman–Crippen MR) is 49.4 cm³/mol. The molecule has 0 saturated heterocycles. The molecule has 0 amide bonds. The lowest BCUT2D eigenvalue weighted by Gasteiger charge is -2.11. The summed E-state index contributed by atoms with van der Waals surface area (Å²) in [6.45, 7) is 4.24. The first-order valence-corrected chi connectivity index (χ1v) is 5.07. The Morgan fingerprint density at radius 1 is 1.31 bits per heavy atom. The molecule has 4 heteroatoms. The van der Waals surface area contributed by atoms with Crippen LogP contribution in [0, 0.1) is 0 Å². The minimum Gasteiger partial charge on any atom is -0.227 e. The van der Waals surface area contributed by atoms with Gasteiger partial charge >= 0.3 is 0 Å². The van der Waals surface area contributed by atoms with Gasteiger partial charge in [-0.3, -0.25) is 0 Å². The number of aromatic nitrogens is 4. The summed E-state index contributed by atoms with van der Waals surface area (Å²) in [4.78, 5) is 0. The van der Waals surface area contributed by atoms with Gasteiger partial charge in [0.05, 0.1) is 6.04 Å². The largest absolute Gasteiger partial charge is 0.227 e. The molecule has 0 N–H and O–H groups in total. The van der Waals surface area contributed by atoms with Crippen molar-refractivity contribution in [1.29, 1.82) is 0 Å². The molecule has 1 aromatic heterocycles. The smallest absolute Gasteiger partial charge is 0.154 e. The number of rotatable bonds is 2. The molecule has 1 aliphatic rings. The van der Waals surface area contributed by atoms with Crippen LogP contribution in [0.4, 0.5) is 0 Å². The second kappa shape index (κ2) is 3.44. The zero-order valence-corrected chi connectivity index (χ0v) is 8.27. The van der Waals surface area contributed by atoms with Gasteiger partial charge in [-0.05, 0) is 37.1 Å². The Kier molecular flexibility index (Phi) is 2.29. The molecular formula is C9H16N4. The molecule has 1 fully saturated rings. The van der Waals surface area contributed by atoms with Crippen molar-refractivity contribution in [3.8, 4) is 0 Å². The zero-order chi connectivity index (χ0) is 9.26. The maximum Gasteiger partial charge on any atom is 0.154 e. The van der Waals surface area contributed by atoms with Crippen LogP contribution < -0.4 is 0 Å². The third-order valence-corrected chi connectivity index (χ3v) is 2.73. The Morgan fingerprint density at radius 2 is 2.00 bits per heavy atom. The van der Waals surface area contributed by atoms with Crippen molar-refractivity contribution in [2.24, 2.45) is 0 Å². The van der Waals surface area contributed by atoms with E-state index in [1.54, 1.807) is 0 Å². The summed E-state index contributed by atoms with van der Waals surface area (Å²) in [5.74, 6) is 1.70. The normalized spacial score (nSPS) is 18.7. The van der Waals surface area contributed by atoms with Crippen LogP contribution in [0.5, 0.6) is 0 Å². The van der Waals surface area contributed by atoms with Gasteiger partial charge in [-0.15, -0.1) is 5.10 Å². The van der Waals surface area contributed by atoms with Crippen LogP contribution in [0.3, 0.4) is 0 Å². The fraction of sp³-hybridized carbons (Fsp3) is 0.889. The van der Waals surface area contributed by atoms with Gasteiger partial charge in [0.25, 0.3) is 0 Å². The van der Waals surface area contributed by atoms with Gasteiger partial charge in [-0.25, -0.2) is 4.68 Å². The van der Waals surface area contributed by atoms with Crippen LogP contribution in [-0.4, -0.2) is 20.2 Å². The van der Waals surface area contributed by atoms with E-state index in [-0.39, 0.29) is 0 Å². The summed E-state index contributed by atoms with van der Waals surface area (Å²) < 4.78 is 1.95. The van der Waals surface area contributed by atoms with E-state index in [4.69, 9.17) is 0 Å². The summed E-state index contributed by atoms with van der Waals surface area (Å²) in [6.07, 6.45) is 5.17. The molecule has 1 heterocycles. The fourth-order valence-electron chi connectivity index (χ4n) is 2.02. The molecule has 1 saturated carbocycles. The molecule has 0 atom stereocenters. The van der Waals surface area contributed by atoms with Gasteiger partial charge in [0.1, 0.15) is 0 Å². The minimum atomic E-state index is 0.380. The number of hydrogen-bond donors (Lipinski definition) is 0. The lowest BCUT2D eigenvalue weighted by atomic mass is 10.1. The van der Waals surface area contributed by atoms with E-state index in [0.717, 1.165) is 5.82 Å². The highest BCUT2D eigenvalue weighted by atomic mass is 15.5. The Hall–Kier alpha value is -0.930. The van der Waals surface area contributed by atoms with Crippen LogP contribution in [0.2, 0.25) is 0 Å². The molecule has 0 radical (unpaired) electrons. The minimum absolute atomic E-state index is 0.380. The molecule has 1 aromatic rings. The highest BCUT2D eigenvalue weighted by molar-refractivity contribution is 4.97. The van der Waals surface area contributed by atoms with Crippen LogP contribution in [-0.2, 0) is 0 Å². The zero-order valence-electron chi connectivity index (χ0n) is 8.27. The van der Waals surface area contributed by atoms with Crippen LogP contribution in [0.1, 0.15) is 57.3 Å². The molecule has 2 rings (SSSR count). The molecule has 0 bridgehead atoms. The highest BCUT2D eigenvalue weighted by Gasteiger charge is 2.23. The van der Waals surface area contributed by atoms with E-state index in [0.29, 0.717) is 12.0 Å². The van der Waals surface area contributed by atoms with E-state index in [9.17, 15) is 0 Å². The number of hydrogen-bond acceptors (Lipinski definition) is 3. The van der Waals surface area contributed by atoms with E-state index in [1.807, 2.05) is 4.68 Å². The molecular weight excluding hydrogens is 164 g/mol. The average Bonchev–Trinajstić information content (AvgIpc) is 2.74. The van der Waals surface area contributed by atoms with Gasteiger partial charge in [-0.1, -0.05) is 12.8 Å². The first-order chi connectivity index (χ1) is 6.29. The quantitative estimate of drug-likeness (QED) is 0.698. The van der Waals surface area contributed by atoms with Crippen molar-refractivity contribution < 1.29 is 0 Å². The summed E-state index contributed by atoms with van der Waals surface area (Å²) in [5, 5.41) is 11.9. The lowest BCUT2D eigenvalue weighted by Crippen LogP contribution is -2.10. The van der Waals surface area contributed by atoms with Crippen molar-refractivity contribution in [1.82, 2.24) is 20.2 Å². The topological polar surface area (TPSA) is 43.6 Å². The molecule has 0 spiro atoms. The van der Waals surface area contributed by atoms with Gasteiger partial charge in [0, 0.05) is 5.92 Å². The standard InChI is InChI=1S/C9H16N4/c1-7(2)13-9(10-11-12-13)8-5-3-4-6-8/h7-8H,3-6H2,1-2H3. The van der Waals surface area contributed by atoms with Crippen molar-refractivity contribution in [3.05, 3.63) is 5.82 Å². The van der Waals surface area contributed by atoms with E-state index in [2.05, 4.69) is 29.4 Å². The summed E-state index contributed by atoms with van der Waals surface area (Å²) in [6, 6.07) is 0.380. The van der Waals surface area contributed by atoms with Crippen LogP contribution in [0.25, 0.3) is 0 Å². The monoisotopic (exact) mass is 180 g/mol. The molecule has 72 valence electrons. The Morgan fingerprint density at radius 3 is 2.62 bits per heavy atom. The summed E-state index contributed by atoms with van der Waals surface area (Å²) in [5.41, 5.74) is 0. The average molecular weight is 180 g/mol. The van der Waals surface area contributed by atoms with Gasteiger partial charge in [0.15, 0.2) is 5.82 Å². The molecule has 13 heavy (non-hydrogen) atoms. The van der Waals surface area contributed by atoms with Crippen molar-refractivity contribution in [2.45, 2.75) is 51.5 Å². The molecule has 4 nitrogen and oxygen atoms in total. The molecule has 0 aromatic carbocycles. The second-order valence-corrected chi connectivity index (χ2v) is 4.06. The lowest BCUT2D eigenvalue weighted by molar-refractivity contribution is 0.471. The van der Waals surface area contributed by atoms with E-state index < -0.39 is 0 Å². The first-order valence-electron chi connectivity index (χ1n) is 5.07. The first kappa shape index (κ1) is 8.66. The third kappa shape index (κ3) is 1.57. The molecule has 1 aliphatic carbocycles. The van der Waals surface area contributed by atoms with Gasteiger partial charge < -0.3 is 0 Å². The Balaban J connectivity index is 2.23. The van der Waals surface area contributed by atoms with Crippen molar-refractivity contribution in [3.63, 3.8) is 0 Å². The van der Waals surface area contributed by atoms with Crippen LogP contribution >= 0.6 is 0 Å². The van der Waals surface area contributed by atoms with E-state index in [1.165, 1.54) is 25.7 Å². The van der Waals surface area contributed by atoms with Crippen LogP contribution in [0.15, 0.2) is 0 Å². The maximum absolute atomic E-state index is 4.12. The molecule has 0 aliphatic heterocycles. The molecule has 0 unspecified atom stereocenters. The van der Waals surface area contributed by atoms with E-state index >= 15 is 0 Å². The predicted octanol–water partition coefficient (Wildman–Crippen LogP) is 1.91. The SMILES string of the molecule is CC(C)n1nnnc1C1CCCC1. The number of tetrazole rings is 1. The highest BCUT2D eigenvalue weighted by Crippen LogP contribution is 2.33. The van der Waals surface area contributed by atoms with Gasteiger partial charge in [0.2, 0.25) is 0 Å². The summed E-state index contributed by atoms with van der Waals surface area (Å²) >= 11 is 0. The maximum atomic E-state index is 4.12. The number of nitrogens with zero attached hydrogens (tertiary/aromatic N) is 4. The summed E-state index contributed by atoms with van der Waals surface area (Å²) in [7, 11) is 0. The Labute approximate surface area is 78.3 Å². The van der Waals surface area contributed by atoms with Crippen molar-refractivity contribution >= 4 is 0 Å². The fourth-order valence-corrected chi connectivity index (χ4v) is 2.02. The second-order valence-electron chi connectivity index (χ2n) is 4.06. The Bertz CT molecular complexity index is 273. The van der Waals surface area contributed by atoms with Crippen molar-refractivity contribution in [2.75, 3.05) is 0 Å². The van der Waals surface area contributed by atoms with Gasteiger partial charge in [-0.2, -0.15) is 0 Å².